The zero-order valence-electron chi connectivity index (χ0n) is 15.1. The maximum Gasteiger partial charge on any atom is 0.272 e. The van der Waals surface area contributed by atoms with Crippen LogP contribution in [-0.4, -0.2) is 37.9 Å². The van der Waals surface area contributed by atoms with Crippen LogP contribution in [0.15, 0.2) is 18.6 Å². The van der Waals surface area contributed by atoms with E-state index in [9.17, 15) is 15.1 Å². The fourth-order valence-corrected chi connectivity index (χ4v) is 4.99. The van der Waals surface area contributed by atoms with Gasteiger partial charge in [0.15, 0.2) is 11.9 Å². The Hall–Kier alpha value is -2.48. The van der Waals surface area contributed by atoms with Gasteiger partial charge in [0.25, 0.3) is 5.91 Å². The van der Waals surface area contributed by atoms with Crippen LogP contribution < -0.4 is 10.0 Å². The van der Waals surface area contributed by atoms with E-state index in [4.69, 9.17) is 0 Å². The summed E-state index contributed by atoms with van der Waals surface area (Å²) in [4.78, 5) is 17.4. The van der Waals surface area contributed by atoms with Crippen molar-refractivity contribution < 1.29 is 14.6 Å². The number of nitrogens with one attached hydrogen (secondary N) is 1. The lowest BCUT2D eigenvalue weighted by atomic mass is 9.75. The highest BCUT2D eigenvalue weighted by Crippen LogP contribution is 2.52. The fraction of sp³-hybridized carbons (Fsp3) is 0.579. The molecule has 0 saturated heterocycles. The van der Waals surface area contributed by atoms with Crippen LogP contribution in [0.2, 0.25) is 0 Å². The van der Waals surface area contributed by atoms with E-state index in [1.165, 1.54) is 18.6 Å². The highest BCUT2D eigenvalue weighted by atomic mass is 16.5. The predicted octanol–water partition coefficient (Wildman–Crippen LogP) is 0.985. The average Bonchev–Trinajstić information content (AvgIpc) is 3.30. The van der Waals surface area contributed by atoms with Gasteiger partial charge in [-0.2, -0.15) is 9.83 Å². The molecule has 0 spiro atoms. The van der Waals surface area contributed by atoms with Crippen LogP contribution in [0.25, 0.3) is 5.82 Å². The minimum Gasteiger partial charge on any atom is -0.619 e. The second-order valence-corrected chi connectivity index (χ2v) is 8.15. The minimum absolute atomic E-state index is 0.0523. The third-order valence-electron chi connectivity index (χ3n) is 6.60. The van der Waals surface area contributed by atoms with Gasteiger partial charge >= 0.3 is 0 Å². The van der Waals surface area contributed by atoms with Gasteiger partial charge in [0.2, 0.25) is 12.0 Å². The molecule has 0 bridgehead atoms. The summed E-state index contributed by atoms with van der Waals surface area (Å²) in [6.07, 6.45) is 10.8. The normalized spacial score (nSPS) is 24.9. The Labute approximate surface area is 156 Å². The third-order valence-corrected chi connectivity index (χ3v) is 6.60. The molecular weight excluding hydrogens is 346 g/mol. The topological polar surface area (TPSA) is 107 Å². The van der Waals surface area contributed by atoms with Crippen LogP contribution in [0.1, 0.15) is 66.2 Å². The number of hydrogen-bond donors (Lipinski definition) is 2. The number of carbonyl (C=O) groups excluding carboxylic acids is 1. The molecular formula is C19H23N5O3. The molecule has 2 N–H and O–H groups in total. The largest absolute Gasteiger partial charge is 0.619 e. The molecule has 5 rings (SSSR count). The summed E-state index contributed by atoms with van der Waals surface area (Å²) in [5, 5.41) is 29.2. The molecule has 2 fully saturated rings. The van der Waals surface area contributed by atoms with Crippen molar-refractivity contribution in [3.8, 4) is 5.82 Å². The van der Waals surface area contributed by atoms with Crippen LogP contribution in [-0.2, 0) is 6.42 Å². The van der Waals surface area contributed by atoms with Crippen LogP contribution >= 0.6 is 0 Å². The first-order chi connectivity index (χ1) is 13.1. The Morgan fingerprint density at radius 3 is 2.89 bits per heavy atom. The summed E-state index contributed by atoms with van der Waals surface area (Å²) in [6.45, 7) is -0.0523. The lowest BCUT2D eigenvalue weighted by molar-refractivity contribution is -0.605. The molecule has 142 valence electrons. The Bertz CT molecular complexity index is 903. The van der Waals surface area contributed by atoms with Gasteiger partial charge in [0, 0.05) is 11.5 Å². The summed E-state index contributed by atoms with van der Waals surface area (Å²) < 4.78 is 2.38. The number of amides is 1. The zero-order chi connectivity index (χ0) is 18.6. The van der Waals surface area contributed by atoms with E-state index in [0.29, 0.717) is 28.1 Å². The van der Waals surface area contributed by atoms with E-state index in [2.05, 4.69) is 15.4 Å². The van der Waals surface area contributed by atoms with Crippen molar-refractivity contribution in [3.63, 3.8) is 0 Å². The first kappa shape index (κ1) is 16.7. The monoisotopic (exact) mass is 369 g/mol. The molecule has 0 unspecified atom stereocenters. The Morgan fingerprint density at radius 1 is 1.41 bits per heavy atom. The van der Waals surface area contributed by atoms with E-state index in [1.54, 1.807) is 4.68 Å². The van der Waals surface area contributed by atoms with Crippen LogP contribution in [0.4, 0.5) is 0 Å². The summed E-state index contributed by atoms with van der Waals surface area (Å²) in [5.74, 6) is 1.15. The van der Waals surface area contributed by atoms with Crippen LogP contribution in [0, 0.1) is 11.1 Å². The quantitative estimate of drug-likeness (QED) is 0.617. The summed E-state index contributed by atoms with van der Waals surface area (Å²) in [5.41, 5.74) is 1.89. The highest BCUT2D eigenvalue weighted by Gasteiger charge is 2.46. The first-order valence-corrected chi connectivity index (χ1v) is 9.70. The van der Waals surface area contributed by atoms with Crippen LogP contribution in [0.3, 0.4) is 0 Å². The molecule has 2 saturated carbocycles. The zero-order valence-corrected chi connectivity index (χ0v) is 15.1. The van der Waals surface area contributed by atoms with Gasteiger partial charge in [-0.25, -0.2) is 9.67 Å². The van der Waals surface area contributed by atoms with E-state index in [-0.39, 0.29) is 12.5 Å². The highest BCUT2D eigenvalue weighted by molar-refractivity contribution is 5.95. The number of aromatic nitrogens is 4. The smallest absolute Gasteiger partial charge is 0.272 e. The Balaban J connectivity index is 1.55. The molecule has 1 amide bonds. The number of carbonyl (C=O) groups is 1. The van der Waals surface area contributed by atoms with Gasteiger partial charge in [-0.15, -0.1) is 0 Å². The van der Waals surface area contributed by atoms with E-state index in [0.717, 1.165) is 56.2 Å². The molecule has 2 heterocycles. The number of hydrogen-bond acceptors (Lipinski definition) is 5. The van der Waals surface area contributed by atoms with Gasteiger partial charge in [-0.1, -0.05) is 12.8 Å². The molecule has 0 aliphatic heterocycles. The minimum atomic E-state index is -0.533. The van der Waals surface area contributed by atoms with E-state index >= 15 is 0 Å². The van der Waals surface area contributed by atoms with Crippen molar-refractivity contribution in [2.45, 2.75) is 56.4 Å². The van der Waals surface area contributed by atoms with Crippen molar-refractivity contribution in [2.24, 2.45) is 5.92 Å². The van der Waals surface area contributed by atoms with Gasteiger partial charge in [0.1, 0.15) is 0 Å². The Morgan fingerprint density at radius 2 is 2.22 bits per heavy atom. The molecule has 8 heteroatoms. The lowest BCUT2D eigenvalue weighted by Gasteiger charge is -2.31. The summed E-state index contributed by atoms with van der Waals surface area (Å²) in [6, 6.07) is 0. The molecule has 3 aliphatic carbocycles. The number of rotatable bonds is 4. The molecule has 2 aromatic heterocycles. The number of fused-ring (bicyclic) bond motifs is 3. The molecule has 8 nitrogen and oxygen atoms in total. The predicted molar refractivity (Wildman–Crippen MR) is 95.2 cm³/mol. The van der Waals surface area contributed by atoms with Gasteiger partial charge in [0.05, 0.1) is 24.0 Å². The van der Waals surface area contributed by atoms with Crippen molar-refractivity contribution in [1.29, 1.82) is 0 Å². The molecule has 2 atom stereocenters. The van der Waals surface area contributed by atoms with Crippen molar-refractivity contribution in [2.75, 3.05) is 6.61 Å². The van der Waals surface area contributed by atoms with E-state index in [1.807, 2.05) is 0 Å². The molecule has 2 aromatic rings. The second kappa shape index (κ2) is 6.02. The average molecular weight is 369 g/mol. The van der Waals surface area contributed by atoms with Crippen molar-refractivity contribution >= 4 is 5.91 Å². The fourth-order valence-electron chi connectivity index (χ4n) is 4.99. The van der Waals surface area contributed by atoms with Crippen molar-refractivity contribution in [1.82, 2.24) is 20.1 Å². The maximum absolute atomic E-state index is 13.1. The Kier molecular flexibility index (Phi) is 3.72. The first-order valence-electron chi connectivity index (χ1n) is 9.70. The van der Waals surface area contributed by atoms with Gasteiger partial charge in [-0.05, 0) is 38.0 Å². The third kappa shape index (κ3) is 2.54. The van der Waals surface area contributed by atoms with E-state index < -0.39 is 5.54 Å². The second-order valence-electron chi connectivity index (χ2n) is 8.15. The number of nitrogens with zero attached hydrogens (tertiary/aromatic N) is 4. The molecule has 0 radical (unpaired) electrons. The summed E-state index contributed by atoms with van der Waals surface area (Å²) in [7, 11) is 0. The summed E-state index contributed by atoms with van der Waals surface area (Å²) >= 11 is 0. The SMILES string of the molecule is O=C(NC1(CO)CCCC1)c1nn(-c2c[n+]([O-])ccn2)c2c1C[C@@H]1CC[C@H]21. The van der Waals surface area contributed by atoms with Crippen molar-refractivity contribution in [3.05, 3.63) is 40.7 Å². The van der Waals surface area contributed by atoms with Gasteiger partial charge in [-0.3, -0.25) is 4.79 Å². The molecule has 0 aromatic carbocycles. The maximum atomic E-state index is 13.1. The number of aliphatic hydroxyl groups is 1. The lowest BCUT2D eigenvalue weighted by Crippen LogP contribution is -2.49. The number of aliphatic hydroxyl groups excluding tert-OH is 1. The standard InChI is InChI=1S/C19H23N5O3/c25-11-19(5-1-2-6-19)21-18(26)16-14-9-12-3-4-13(12)17(14)24(22-16)15-10-23(27)8-7-20-15/h7-8,10,12-13,25H,1-6,9,11H2,(H,21,26)/t12-,13-/m0/s1. The molecule has 27 heavy (non-hydrogen) atoms. The molecule has 3 aliphatic rings. The van der Waals surface area contributed by atoms with Crippen LogP contribution in [0.5, 0.6) is 0 Å². The van der Waals surface area contributed by atoms with Gasteiger partial charge < -0.3 is 15.6 Å².